The number of rotatable bonds is 2. The van der Waals surface area contributed by atoms with Gasteiger partial charge >= 0.3 is 55.3 Å². The van der Waals surface area contributed by atoms with Crippen molar-refractivity contribution in [1.82, 2.24) is 0 Å². The molecule has 0 spiro atoms. The summed E-state index contributed by atoms with van der Waals surface area (Å²) in [6.45, 7) is 0. The zero-order chi connectivity index (χ0) is 5.91. The predicted octanol–water partition coefficient (Wildman–Crippen LogP) is -2.74. The van der Waals surface area contributed by atoms with Gasteiger partial charge in [-0.2, -0.15) is 0 Å². The molecule has 0 saturated heterocycles. The fourth-order valence-electron chi connectivity index (χ4n) is 0.0690. The van der Waals surface area contributed by atoms with Crippen molar-refractivity contribution in [3.8, 4) is 0 Å². The fraction of sp³-hybridized carbons (Fsp3) is 1.00. The molecule has 2 nitrogen and oxygen atoms in total. The average molecular weight is 217 g/mol. The molecule has 0 saturated carbocycles. The summed E-state index contributed by atoms with van der Waals surface area (Å²) >= 11 is 0.176. The van der Waals surface area contributed by atoms with E-state index in [1.165, 1.54) is 0 Å². The number of nitrogens with zero attached hydrogens (tertiary/aromatic N) is 1. The Morgan fingerprint density at radius 1 is 1.43 bits per heavy atom. The molecule has 0 bridgehead atoms. The van der Waals surface area contributed by atoms with Crippen LogP contribution in [-0.2, 0) is 4.84 Å². The summed E-state index contributed by atoms with van der Waals surface area (Å²) in [6, 6.07) is 0. The first kappa shape index (κ1) is 7.65. The second kappa shape index (κ2) is 2.84. The van der Waals surface area contributed by atoms with Crippen molar-refractivity contribution >= 4 is 0 Å². The molecule has 7 heavy (non-hydrogen) atoms. The standard InChI is InChI=1S/C4H12INO/c1-5-6(2,3)7-4/h1-4H3. The predicted molar refractivity (Wildman–Crippen MR) is 25.0 cm³/mol. The van der Waals surface area contributed by atoms with E-state index in [4.69, 9.17) is 4.84 Å². The van der Waals surface area contributed by atoms with Gasteiger partial charge in [-0.25, -0.2) is 0 Å². The Morgan fingerprint density at radius 2 is 1.86 bits per heavy atom. The van der Waals surface area contributed by atoms with E-state index in [0.29, 0.717) is 0 Å². The van der Waals surface area contributed by atoms with Gasteiger partial charge in [0.25, 0.3) is 0 Å². The third kappa shape index (κ3) is 3.25. The molecule has 0 N–H and O–H groups in total. The van der Waals surface area contributed by atoms with Crippen LogP contribution >= 0.6 is 0 Å². The second-order valence-corrected chi connectivity index (χ2v) is 4.86. The van der Waals surface area contributed by atoms with Crippen molar-refractivity contribution in [3.05, 3.63) is 0 Å². The zero-order valence-electron chi connectivity index (χ0n) is 5.23. The van der Waals surface area contributed by atoms with E-state index in [1.54, 1.807) is 7.11 Å². The van der Waals surface area contributed by atoms with Crippen molar-refractivity contribution in [2.24, 2.45) is 0 Å². The van der Waals surface area contributed by atoms with Crippen molar-refractivity contribution < 1.29 is 29.2 Å². The third-order valence-electron chi connectivity index (χ3n) is 0.841. The van der Waals surface area contributed by atoms with E-state index in [-0.39, 0.29) is 21.5 Å². The second-order valence-electron chi connectivity index (χ2n) is 1.57. The summed E-state index contributed by atoms with van der Waals surface area (Å²) in [5, 5.41) is 0. The van der Waals surface area contributed by atoms with E-state index in [1.807, 2.05) is 0 Å². The molecule has 0 fully saturated rings. The fourth-order valence-corrected chi connectivity index (χ4v) is 0.463. The summed E-state index contributed by atoms with van der Waals surface area (Å²) in [5.74, 6) is 0. The topological polar surface area (TPSA) is 9.23 Å². The van der Waals surface area contributed by atoms with E-state index < -0.39 is 0 Å². The molecular weight excluding hydrogens is 205 g/mol. The van der Waals surface area contributed by atoms with E-state index >= 15 is 0 Å². The first-order valence-electron chi connectivity index (χ1n) is 2.03. The number of hydrogen-bond acceptors (Lipinski definition) is 1. The quantitative estimate of drug-likeness (QED) is 0.211. The molecule has 0 aromatic rings. The Hall–Kier alpha value is 0.650. The van der Waals surface area contributed by atoms with Gasteiger partial charge in [0.1, 0.15) is 0 Å². The molecule has 0 unspecified atom stereocenters. The first-order chi connectivity index (χ1) is 3.12. The van der Waals surface area contributed by atoms with Crippen molar-refractivity contribution in [1.29, 1.82) is 0 Å². The van der Waals surface area contributed by atoms with Crippen LogP contribution in [0.3, 0.4) is 0 Å². The van der Waals surface area contributed by atoms with Gasteiger partial charge in [0.2, 0.25) is 0 Å². The van der Waals surface area contributed by atoms with Crippen LogP contribution in [0.1, 0.15) is 0 Å². The zero-order valence-corrected chi connectivity index (χ0v) is 7.39. The summed E-state index contributed by atoms with van der Waals surface area (Å²) in [7, 11) is 5.86. The van der Waals surface area contributed by atoms with Gasteiger partial charge in [-0.15, -0.1) is 0 Å². The van der Waals surface area contributed by atoms with Crippen LogP contribution in [0.4, 0.5) is 0 Å². The molecule has 0 heterocycles. The summed E-state index contributed by atoms with van der Waals surface area (Å²) in [4.78, 5) is 7.27. The van der Waals surface area contributed by atoms with Crippen LogP contribution in [0.5, 0.6) is 0 Å². The third-order valence-corrected chi connectivity index (χ3v) is 3.56. The van der Waals surface area contributed by atoms with E-state index in [2.05, 4.69) is 19.0 Å². The molecule has 0 radical (unpaired) electrons. The Labute approximate surface area is 55.6 Å². The Kier molecular flexibility index (Phi) is 3.10. The molecule has 0 atom stereocenters. The van der Waals surface area contributed by atoms with Crippen molar-refractivity contribution in [2.45, 2.75) is 0 Å². The van der Waals surface area contributed by atoms with E-state index in [0.717, 1.165) is 2.86 Å². The van der Waals surface area contributed by atoms with Crippen LogP contribution in [-0.4, -0.2) is 29.0 Å². The molecule has 0 aliphatic carbocycles. The number of quaternary nitrogens is 1. The van der Waals surface area contributed by atoms with Gasteiger partial charge in [0, 0.05) is 0 Å². The van der Waals surface area contributed by atoms with Crippen LogP contribution in [0, 0.1) is 0 Å². The van der Waals surface area contributed by atoms with Crippen molar-refractivity contribution in [3.63, 3.8) is 0 Å². The first-order valence-corrected chi connectivity index (χ1v) is 5.15. The molecule has 0 rings (SSSR count). The van der Waals surface area contributed by atoms with Crippen LogP contribution < -0.4 is 21.5 Å². The van der Waals surface area contributed by atoms with Crippen molar-refractivity contribution in [2.75, 3.05) is 26.1 Å². The Balaban J connectivity index is 3.36. The van der Waals surface area contributed by atoms with Gasteiger partial charge in [-0.3, -0.25) is 0 Å². The molecule has 0 amide bonds. The molecular formula is C4H12INO. The van der Waals surface area contributed by atoms with Gasteiger partial charge < -0.3 is 0 Å². The van der Waals surface area contributed by atoms with Gasteiger partial charge in [0.15, 0.2) is 0 Å². The molecule has 0 aromatic carbocycles. The summed E-state index contributed by atoms with van der Waals surface area (Å²) in [5.41, 5.74) is 0. The molecule has 0 aliphatic heterocycles. The molecule has 3 heteroatoms. The maximum absolute atomic E-state index is 5.07. The number of hydroxylamine groups is 2. The van der Waals surface area contributed by atoms with Gasteiger partial charge in [0.05, 0.1) is 0 Å². The molecule has 0 aliphatic rings. The number of alkyl halides is 1. The molecule has 46 valence electrons. The van der Waals surface area contributed by atoms with Gasteiger partial charge in [-0.05, 0) is 0 Å². The van der Waals surface area contributed by atoms with Gasteiger partial charge in [-0.1, -0.05) is 0 Å². The minimum absolute atomic E-state index is 0.176. The van der Waals surface area contributed by atoms with Crippen LogP contribution in [0.25, 0.3) is 0 Å². The molecule has 0 aromatic heterocycles. The number of hydrogen-bond donors (Lipinski definition) is 0. The summed E-state index contributed by atoms with van der Waals surface area (Å²) in [6.07, 6.45) is 0. The Morgan fingerprint density at radius 3 is 1.86 bits per heavy atom. The number of halogens is 1. The minimum atomic E-state index is 0.176. The monoisotopic (exact) mass is 217 g/mol. The summed E-state index contributed by atoms with van der Waals surface area (Å²) < 4.78 is 0.749. The maximum atomic E-state index is 5.07. The average Bonchev–Trinajstić information content (AvgIpc) is 1.68. The van der Waals surface area contributed by atoms with E-state index in [9.17, 15) is 0 Å². The van der Waals surface area contributed by atoms with Crippen LogP contribution in [0.15, 0.2) is 0 Å². The SMILES string of the molecule is CO[N+](C)(C)[I-]C. The van der Waals surface area contributed by atoms with Crippen LogP contribution in [0.2, 0.25) is 0 Å². The Bertz CT molecular complexity index is 49.7. The normalized spacial score (nSPS) is 12.6.